The molecular weight excluding hydrogens is 1720 g/mol. The summed E-state index contributed by atoms with van der Waals surface area (Å²) in [6, 6.07) is 63.7. The third-order valence-corrected chi connectivity index (χ3v) is 20.8. The van der Waals surface area contributed by atoms with Crippen LogP contribution < -0.4 is 70.6 Å². The van der Waals surface area contributed by atoms with Gasteiger partial charge in [-0.1, -0.05) is 54.1 Å². The first-order chi connectivity index (χ1) is 64.7. The molecule has 133 heavy (non-hydrogen) atoms. The molecule has 0 aliphatic rings. The summed E-state index contributed by atoms with van der Waals surface area (Å²) in [4.78, 5) is 102. The molecule has 0 bridgehead atoms. The van der Waals surface area contributed by atoms with E-state index in [0.29, 0.717) is 154 Å². The Bertz CT molecular complexity index is 7390. The average Bonchev–Trinajstić information content (AvgIpc) is 1.65. The van der Waals surface area contributed by atoms with E-state index in [1.165, 1.54) is 60.7 Å². The predicted octanol–water partition coefficient (Wildman–Crippen LogP) is 13.5. The van der Waals surface area contributed by atoms with Crippen LogP contribution in [0.2, 0.25) is 0 Å². The molecule has 0 saturated carbocycles. The molecule has 0 fully saturated rings. The van der Waals surface area contributed by atoms with Crippen LogP contribution in [0.5, 0.6) is 5.75 Å². The molecule has 662 valence electrons. The number of hydrogen-bond donors (Lipinski definition) is 12. The average molecular weight is 1800 g/mol. The Hall–Kier alpha value is -18.8. The number of hydrogen-bond acceptors (Lipinski definition) is 28. The number of carbonyl (C=O) groups excluding carboxylic acids is 5. The minimum Gasteiger partial charge on any atom is -0.497 e. The lowest BCUT2D eigenvalue weighted by atomic mass is 10.1. The van der Waals surface area contributed by atoms with E-state index in [4.69, 9.17) is 37.8 Å². The molecule has 17 N–H and O–H groups in total. The van der Waals surface area contributed by atoms with E-state index in [-0.39, 0.29) is 42.1 Å². The second-order valence-electron chi connectivity index (χ2n) is 29.0. The van der Waals surface area contributed by atoms with Gasteiger partial charge in [0.25, 0.3) is 17.7 Å². The van der Waals surface area contributed by atoms with Crippen LogP contribution in [0.4, 0.5) is 65.1 Å². The maximum atomic E-state index is 13.2. The Kier molecular flexibility index (Phi) is 26.5. The second kappa shape index (κ2) is 40.2. The summed E-state index contributed by atoms with van der Waals surface area (Å²) >= 11 is 1.46. The van der Waals surface area contributed by atoms with Crippen molar-refractivity contribution in [2.45, 2.75) is 33.5 Å². The number of nitrogens with one attached hydrogen (secondary N) is 7. The first-order valence-corrected chi connectivity index (χ1v) is 41.3. The molecular formula is C92H79FN32O7S. The number of nitrogens with two attached hydrogens (primary N) is 5. The van der Waals surface area contributed by atoms with Crippen LogP contribution in [-0.4, -0.2) is 136 Å². The molecule has 39 nitrogen and oxygen atoms in total. The van der Waals surface area contributed by atoms with Gasteiger partial charge in [0, 0.05) is 52.9 Å². The number of thiophene rings is 1. The summed E-state index contributed by atoms with van der Waals surface area (Å²) in [5.74, 6) is 3.15. The van der Waals surface area contributed by atoms with Crippen LogP contribution >= 0.6 is 11.3 Å². The number of nitrogen functional groups attached to an aromatic ring is 5. The molecule has 8 aromatic carbocycles. The van der Waals surface area contributed by atoms with E-state index >= 15 is 0 Å². The highest BCUT2D eigenvalue weighted by molar-refractivity contribution is 7.14. The van der Waals surface area contributed by atoms with Crippen LogP contribution in [0.25, 0.3) is 83.6 Å². The van der Waals surface area contributed by atoms with Crippen molar-refractivity contribution in [3.05, 3.63) is 337 Å². The van der Waals surface area contributed by atoms with Gasteiger partial charge < -0.3 is 69.7 Å². The number of carbonyl (C=O) groups is 5. The van der Waals surface area contributed by atoms with Crippen LogP contribution in [0.15, 0.2) is 291 Å². The number of halogens is 1. The molecule has 12 heterocycles. The number of nitrogens with zero attached hydrogens (tertiary/aromatic N) is 20. The van der Waals surface area contributed by atoms with Gasteiger partial charge in [-0.3, -0.25) is 19.7 Å². The van der Waals surface area contributed by atoms with Crippen molar-refractivity contribution in [3.8, 4) is 34.2 Å². The Morgan fingerprint density at radius 1 is 0.368 bits per heavy atom. The van der Waals surface area contributed by atoms with Crippen molar-refractivity contribution in [3.63, 3.8) is 0 Å². The van der Waals surface area contributed by atoms with Crippen LogP contribution in [0.1, 0.15) is 59.3 Å². The number of anilines is 9. The van der Waals surface area contributed by atoms with Gasteiger partial charge in [-0.15, -0.1) is 11.3 Å². The lowest BCUT2D eigenvalue weighted by Crippen LogP contribution is -2.22. The Morgan fingerprint density at radius 3 is 1.17 bits per heavy atom. The van der Waals surface area contributed by atoms with Gasteiger partial charge in [0.15, 0.2) is 28.2 Å². The Labute approximate surface area is 757 Å². The van der Waals surface area contributed by atoms with Gasteiger partial charge in [-0.25, -0.2) is 87.2 Å². The van der Waals surface area contributed by atoms with Crippen molar-refractivity contribution >= 4 is 147 Å². The number of urea groups is 2. The molecule has 0 aliphatic carbocycles. The Morgan fingerprint density at radius 2 is 0.759 bits per heavy atom. The Balaban J connectivity index is 0.000000121. The van der Waals surface area contributed by atoms with Gasteiger partial charge >= 0.3 is 12.1 Å². The summed E-state index contributed by atoms with van der Waals surface area (Å²) in [6.45, 7) is 4.95. The van der Waals surface area contributed by atoms with Gasteiger partial charge in [-0.2, -0.15) is 25.5 Å². The predicted molar refractivity (Wildman–Crippen MR) is 502 cm³/mol. The maximum absolute atomic E-state index is 13.2. The van der Waals surface area contributed by atoms with Crippen molar-refractivity contribution in [2.24, 2.45) is 0 Å². The van der Waals surface area contributed by atoms with Crippen molar-refractivity contribution in [1.82, 2.24) is 115 Å². The van der Waals surface area contributed by atoms with Crippen molar-refractivity contribution in [1.29, 1.82) is 0 Å². The van der Waals surface area contributed by atoms with Crippen LogP contribution in [-0.2, 0) is 19.6 Å². The fraction of sp³-hybridized carbons (Fsp3) is 0.0652. The lowest BCUT2D eigenvalue weighted by molar-refractivity contribution is 0.0941. The zero-order valence-electron chi connectivity index (χ0n) is 70.7. The van der Waals surface area contributed by atoms with Crippen molar-refractivity contribution < 1.29 is 37.5 Å². The number of ether oxygens (including phenoxy) is 1. The molecule has 0 aliphatic heterocycles. The quantitative estimate of drug-likeness (QED) is 0.0358. The molecule has 41 heteroatoms. The van der Waals surface area contributed by atoms with E-state index in [9.17, 15) is 28.4 Å². The molecule has 7 amide bonds. The number of aryl methyl sites for hydroxylation is 2. The first kappa shape index (κ1) is 87.6. The highest BCUT2D eigenvalue weighted by Crippen LogP contribution is 2.28. The monoisotopic (exact) mass is 1790 g/mol. The number of furan rings is 1. The van der Waals surface area contributed by atoms with Gasteiger partial charge in [0.1, 0.15) is 83.8 Å². The molecule has 0 radical (unpaired) electrons. The third kappa shape index (κ3) is 21.1. The van der Waals surface area contributed by atoms with Crippen molar-refractivity contribution in [2.75, 3.05) is 57.0 Å². The van der Waals surface area contributed by atoms with Gasteiger partial charge in [-0.05, 0) is 194 Å². The van der Waals surface area contributed by atoms with E-state index in [1.54, 1.807) is 177 Å². The molecule has 20 aromatic rings. The van der Waals surface area contributed by atoms with Crippen LogP contribution in [0.3, 0.4) is 0 Å². The maximum Gasteiger partial charge on any atom is 0.324 e. The normalized spacial score (nSPS) is 10.8. The molecule has 12 aromatic heterocycles. The summed E-state index contributed by atoms with van der Waals surface area (Å²) in [5, 5.41) is 47.2. The van der Waals surface area contributed by atoms with Gasteiger partial charge in [0.05, 0.1) is 105 Å². The second-order valence-corrected chi connectivity index (χ2v) is 30.0. The largest absolute Gasteiger partial charge is 0.497 e. The summed E-state index contributed by atoms with van der Waals surface area (Å²) in [5.41, 5.74) is 42.5. The molecule has 0 saturated heterocycles. The van der Waals surface area contributed by atoms with E-state index < -0.39 is 0 Å². The minimum absolute atomic E-state index is 0.125. The SMILES string of the molecule is COc1cccc(NC(=O)Nc2ccc(-n3ncc4c(N)ncnc43)cc2)c1.Cc1ccc(CNC(=O)c2cccc(-n3ncc4c(N)ncnc43)c2)o1.Cc1cccc(CNC(=O)c2ccc(-n3ncc4c(N)ncnc43)cc2)c1.Nc1ncnc2c1cnn2-c1ccc(C(=O)NCc2cccc(F)c2)cc1.Nc1ncnc2c1cnn2-c1ccc(NC(=O)Nc2cccs2)cc1. The zero-order valence-corrected chi connectivity index (χ0v) is 71.5. The zero-order chi connectivity index (χ0) is 92.4. The number of rotatable bonds is 19. The summed E-state index contributed by atoms with van der Waals surface area (Å²) < 4.78 is 32.0. The first-order valence-electron chi connectivity index (χ1n) is 40.5. The molecule has 0 spiro atoms. The molecule has 0 atom stereocenters. The lowest BCUT2D eigenvalue weighted by Gasteiger charge is -2.09. The minimum atomic E-state index is -0.356. The topological polar surface area (TPSA) is 540 Å². The fourth-order valence-electron chi connectivity index (χ4n) is 13.4. The third-order valence-electron chi connectivity index (χ3n) is 20.0. The number of methoxy groups -OCH3 is 1. The van der Waals surface area contributed by atoms with E-state index in [1.807, 2.05) is 104 Å². The molecule has 0 unspecified atom stereocenters. The fourth-order valence-corrected chi connectivity index (χ4v) is 14.0. The number of fused-ring (bicyclic) bond motifs is 5. The van der Waals surface area contributed by atoms with Crippen LogP contribution in [0, 0.1) is 19.7 Å². The number of amides is 7. The van der Waals surface area contributed by atoms with E-state index in [0.717, 1.165) is 39.1 Å². The smallest absolute Gasteiger partial charge is 0.324 e. The summed E-state index contributed by atoms with van der Waals surface area (Å²) in [7, 11) is 1.57. The highest BCUT2D eigenvalue weighted by atomic mass is 32.1. The number of aromatic nitrogens is 20. The van der Waals surface area contributed by atoms with Gasteiger partial charge in [0.2, 0.25) is 0 Å². The molecule has 20 rings (SSSR count). The summed E-state index contributed by atoms with van der Waals surface area (Å²) in [6.07, 6.45) is 15.1. The standard InChI is InChI=1S/C20H18N6O.C19H15FN6O.C19H17N7O2.C18H16N6O2.C16H13N7OS/c1-13-3-2-4-14(9-13)10-22-20(27)15-5-7-16(8-6-15)26-19-17(11-25-26)18(21)23-12-24-19;20-14-3-1-2-12(8-14)9-22-19(27)13-4-6-15(7-5-13)26-18-16(10-25-26)17(21)23-11-24-18;1-28-15-4-2-3-13(9-15)25-19(27)24-12-5-7-14(8-6-12)26-18-16(10-23-26)17(20)21-11-22-18;1-11-5-6-14(26-11)8-20-18(25)12-3-2-4-13(7-12)24-17-15(9-23-24)16(19)21-10-22-17;17-14-12-8-20-23(15(12)19-9-18-14)11-5-3-10(4-6-11)21-16(24)22-13-2-1-7-25-13/h2-9,11-12H,10H2,1H3,(H,22,27)(H2,21,23,24);1-8,10-11H,9H2,(H,22,27)(H2,21,23,24);2-11H,1H3,(H2,20,21,22)(H2,24,25,27);2-7,9-10H,8H2,1H3,(H,20,25)(H2,19,21,22);1-9H,(H2,17,18,19)(H2,21,22,24). The van der Waals surface area contributed by atoms with E-state index in [2.05, 4.69) is 119 Å². The number of benzene rings is 8. The highest BCUT2D eigenvalue weighted by Gasteiger charge is 2.19.